The molecule has 0 amide bonds. The van der Waals surface area contributed by atoms with Gasteiger partial charge in [0.1, 0.15) is 0 Å². The zero-order valence-electron chi connectivity index (χ0n) is 6.29. The molecule has 5 atom stereocenters. The molecule has 0 radical (unpaired) electrons. The summed E-state index contributed by atoms with van der Waals surface area (Å²) in [5.41, 5.74) is 6.04. The van der Waals surface area contributed by atoms with Crippen LogP contribution in [0.1, 0.15) is 25.7 Å². The van der Waals surface area contributed by atoms with Gasteiger partial charge in [0.2, 0.25) is 0 Å². The van der Waals surface area contributed by atoms with Gasteiger partial charge in [-0.25, -0.2) is 0 Å². The predicted octanol–water partition coefficient (Wildman–Crippen LogP) is 1.38. The molecule has 0 aliphatic heterocycles. The van der Waals surface area contributed by atoms with E-state index in [0.29, 0.717) is 6.04 Å². The van der Waals surface area contributed by atoms with Gasteiger partial charge in [0.05, 0.1) is 0 Å². The smallest absolute Gasteiger partial charge is 0.00726 e. The van der Waals surface area contributed by atoms with Gasteiger partial charge in [0.15, 0.2) is 0 Å². The third-order valence-electron chi connectivity index (χ3n) is 4.04. The summed E-state index contributed by atoms with van der Waals surface area (Å²) in [6.45, 7) is 0. The van der Waals surface area contributed by atoms with Crippen LogP contribution in [0.5, 0.6) is 0 Å². The SMILES string of the molecule is N[C@H]1C[C@H]2CC[C@@H]1[C@@H]1C[C@H]21. The Morgan fingerprint density at radius 2 is 1.80 bits per heavy atom. The summed E-state index contributed by atoms with van der Waals surface area (Å²) in [5.74, 6) is 4.21. The minimum Gasteiger partial charge on any atom is -0.327 e. The van der Waals surface area contributed by atoms with Crippen LogP contribution in [-0.2, 0) is 0 Å². The highest BCUT2D eigenvalue weighted by Gasteiger charge is 2.56. The summed E-state index contributed by atoms with van der Waals surface area (Å²) in [6, 6.07) is 0.586. The standard InChI is InChI=1S/C9H15N/c10-9-3-5-1-2-6(9)8-4-7(5)8/h5-9H,1-4,10H2/t5-,6-,7-,8+,9+/m1/s1. The van der Waals surface area contributed by atoms with Gasteiger partial charge in [-0.15, -0.1) is 0 Å². The first-order valence-corrected chi connectivity index (χ1v) is 4.62. The largest absolute Gasteiger partial charge is 0.327 e. The van der Waals surface area contributed by atoms with E-state index in [0.717, 1.165) is 23.7 Å². The maximum atomic E-state index is 6.04. The van der Waals surface area contributed by atoms with Crippen molar-refractivity contribution >= 4 is 0 Å². The maximum Gasteiger partial charge on any atom is 0.00726 e. The molecule has 0 heterocycles. The first-order chi connectivity index (χ1) is 4.86. The van der Waals surface area contributed by atoms with E-state index in [4.69, 9.17) is 5.73 Å². The fraction of sp³-hybridized carbons (Fsp3) is 1.00. The summed E-state index contributed by atoms with van der Waals surface area (Å²) in [6.07, 6.45) is 5.83. The quantitative estimate of drug-likeness (QED) is 0.536. The van der Waals surface area contributed by atoms with E-state index < -0.39 is 0 Å². The van der Waals surface area contributed by atoms with Crippen molar-refractivity contribution in [3.8, 4) is 0 Å². The Bertz CT molecular complexity index is 164. The predicted molar refractivity (Wildman–Crippen MR) is 40.4 cm³/mol. The van der Waals surface area contributed by atoms with Gasteiger partial charge in [-0.1, -0.05) is 0 Å². The fourth-order valence-corrected chi connectivity index (χ4v) is 3.45. The van der Waals surface area contributed by atoms with Crippen molar-refractivity contribution in [2.24, 2.45) is 29.4 Å². The van der Waals surface area contributed by atoms with Crippen molar-refractivity contribution in [3.05, 3.63) is 0 Å². The molecular formula is C9H15N. The molecule has 0 aromatic rings. The molecule has 2 bridgehead atoms. The molecule has 0 aromatic carbocycles. The highest BCUT2D eigenvalue weighted by atomic mass is 14.7. The van der Waals surface area contributed by atoms with Crippen LogP contribution in [0.4, 0.5) is 0 Å². The molecular weight excluding hydrogens is 122 g/mol. The zero-order chi connectivity index (χ0) is 6.72. The molecule has 4 aliphatic rings. The molecule has 1 nitrogen and oxygen atoms in total. The summed E-state index contributed by atoms with van der Waals surface area (Å²) in [5, 5.41) is 0. The molecule has 0 aromatic heterocycles. The van der Waals surface area contributed by atoms with E-state index in [1.54, 1.807) is 0 Å². The normalized spacial score (nSPS) is 63.9. The van der Waals surface area contributed by atoms with Crippen molar-refractivity contribution in [2.75, 3.05) is 0 Å². The molecule has 4 aliphatic carbocycles. The minimum atomic E-state index is 0.586. The lowest BCUT2D eigenvalue weighted by atomic mass is 9.68. The van der Waals surface area contributed by atoms with Gasteiger partial charge in [-0.3, -0.25) is 0 Å². The average molecular weight is 137 g/mol. The number of nitrogens with two attached hydrogens (primary N) is 1. The molecule has 2 N–H and O–H groups in total. The lowest BCUT2D eigenvalue weighted by molar-refractivity contribution is 0.133. The number of hydrogen-bond acceptors (Lipinski definition) is 1. The summed E-state index contributed by atoms with van der Waals surface area (Å²) >= 11 is 0. The fourth-order valence-electron chi connectivity index (χ4n) is 3.45. The van der Waals surface area contributed by atoms with Gasteiger partial charge >= 0.3 is 0 Å². The van der Waals surface area contributed by atoms with E-state index in [9.17, 15) is 0 Å². The van der Waals surface area contributed by atoms with Gasteiger partial charge < -0.3 is 5.73 Å². The average Bonchev–Trinajstić information content (AvgIpc) is 2.66. The van der Waals surface area contributed by atoms with E-state index in [-0.39, 0.29) is 0 Å². The van der Waals surface area contributed by atoms with Crippen LogP contribution in [0.2, 0.25) is 0 Å². The van der Waals surface area contributed by atoms with Crippen LogP contribution in [0, 0.1) is 23.7 Å². The maximum absolute atomic E-state index is 6.04. The molecule has 10 heavy (non-hydrogen) atoms. The Labute approximate surface area is 62.0 Å². The van der Waals surface area contributed by atoms with Crippen molar-refractivity contribution in [1.29, 1.82) is 0 Å². The summed E-state index contributed by atoms with van der Waals surface area (Å²) in [7, 11) is 0. The molecule has 0 saturated heterocycles. The van der Waals surface area contributed by atoms with E-state index in [2.05, 4.69) is 0 Å². The van der Waals surface area contributed by atoms with Gasteiger partial charge in [0.25, 0.3) is 0 Å². The lowest BCUT2D eigenvalue weighted by Gasteiger charge is -2.40. The topological polar surface area (TPSA) is 26.0 Å². The second-order valence-electron chi connectivity index (χ2n) is 4.46. The Kier molecular flexibility index (Phi) is 0.883. The second-order valence-corrected chi connectivity index (χ2v) is 4.46. The molecule has 0 unspecified atom stereocenters. The third-order valence-corrected chi connectivity index (χ3v) is 4.04. The first kappa shape index (κ1) is 5.59. The van der Waals surface area contributed by atoms with Crippen LogP contribution in [-0.4, -0.2) is 6.04 Å². The van der Waals surface area contributed by atoms with E-state index >= 15 is 0 Å². The molecule has 1 heteroatoms. The molecule has 0 spiro atoms. The third kappa shape index (κ3) is 0.531. The van der Waals surface area contributed by atoms with Crippen molar-refractivity contribution in [3.63, 3.8) is 0 Å². The monoisotopic (exact) mass is 137 g/mol. The molecule has 4 saturated carbocycles. The summed E-state index contributed by atoms with van der Waals surface area (Å²) in [4.78, 5) is 0. The highest BCUT2D eigenvalue weighted by molar-refractivity contribution is 5.07. The zero-order valence-corrected chi connectivity index (χ0v) is 6.29. The van der Waals surface area contributed by atoms with Crippen LogP contribution in [0.3, 0.4) is 0 Å². The van der Waals surface area contributed by atoms with Gasteiger partial charge in [0, 0.05) is 6.04 Å². The van der Waals surface area contributed by atoms with Crippen LogP contribution >= 0.6 is 0 Å². The van der Waals surface area contributed by atoms with Crippen LogP contribution < -0.4 is 5.73 Å². The molecule has 4 fully saturated rings. The van der Waals surface area contributed by atoms with Crippen LogP contribution in [0.25, 0.3) is 0 Å². The molecule has 56 valence electrons. The van der Waals surface area contributed by atoms with E-state index in [1.165, 1.54) is 25.7 Å². The molecule has 4 rings (SSSR count). The Morgan fingerprint density at radius 1 is 0.900 bits per heavy atom. The van der Waals surface area contributed by atoms with Gasteiger partial charge in [-0.05, 0) is 49.4 Å². The van der Waals surface area contributed by atoms with Gasteiger partial charge in [-0.2, -0.15) is 0 Å². The summed E-state index contributed by atoms with van der Waals surface area (Å²) < 4.78 is 0. The van der Waals surface area contributed by atoms with Crippen molar-refractivity contribution in [2.45, 2.75) is 31.7 Å². The highest BCUT2D eigenvalue weighted by Crippen LogP contribution is 2.61. The number of fused-ring (bicyclic) bond motifs is 2. The lowest BCUT2D eigenvalue weighted by Crippen LogP contribution is -2.42. The van der Waals surface area contributed by atoms with E-state index in [1.807, 2.05) is 0 Å². The number of hydrogen-bond donors (Lipinski definition) is 1. The van der Waals surface area contributed by atoms with Crippen LogP contribution in [0.15, 0.2) is 0 Å². The first-order valence-electron chi connectivity index (χ1n) is 4.62. The number of rotatable bonds is 0. The van der Waals surface area contributed by atoms with Crippen molar-refractivity contribution < 1.29 is 0 Å². The minimum absolute atomic E-state index is 0.586. The van der Waals surface area contributed by atoms with Crippen molar-refractivity contribution in [1.82, 2.24) is 0 Å². The Balaban J connectivity index is 1.92. The second kappa shape index (κ2) is 1.58. The Hall–Kier alpha value is -0.0400. The Morgan fingerprint density at radius 3 is 2.40 bits per heavy atom.